The Morgan fingerprint density at radius 1 is 0.889 bits per heavy atom. The molecule has 0 heterocycles. The first-order valence-electron chi connectivity index (χ1n) is 4.33. The van der Waals surface area contributed by atoms with Crippen LogP contribution in [0.1, 0.15) is 17.2 Å². The van der Waals surface area contributed by atoms with E-state index in [2.05, 4.69) is 5.73 Å². The average molecular weight is 279 g/mol. The molecule has 0 amide bonds. The van der Waals surface area contributed by atoms with Gasteiger partial charge in [0.15, 0.2) is 11.6 Å². The lowest BCUT2D eigenvalue weighted by Gasteiger charge is -2.18. The third kappa shape index (κ3) is 2.71. The van der Waals surface area contributed by atoms with Crippen LogP contribution < -0.4 is 5.73 Å². The normalized spacial score (nSPS) is 14.7. The van der Waals surface area contributed by atoms with Crippen molar-refractivity contribution in [3.8, 4) is 0 Å². The minimum Gasteiger partial charge on any atom is -0.316 e. The number of rotatable bonds is 1. The van der Waals surface area contributed by atoms with E-state index in [9.17, 15) is 35.1 Å². The number of halogens is 8. The van der Waals surface area contributed by atoms with Gasteiger partial charge in [-0.1, -0.05) is 6.07 Å². The van der Waals surface area contributed by atoms with Crippen LogP contribution in [0, 0.1) is 11.6 Å². The second kappa shape index (κ2) is 4.38. The summed E-state index contributed by atoms with van der Waals surface area (Å²) in [5.41, 5.74) is 1.22. The zero-order chi connectivity index (χ0) is 14.3. The summed E-state index contributed by atoms with van der Waals surface area (Å²) < 4.78 is 98.9. The van der Waals surface area contributed by atoms with Crippen LogP contribution in [0.15, 0.2) is 12.1 Å². The van der Waals surface area contributed by atoms with Gasteiger partial charge in [-0.2, -0.15) is 26.3 Å². The minimum atomic E-state index is -5.20. The maximum absolute atomic E-state index is 13.1. The van der Waals surface area contributed by atoms with Crippen molar-refractivity contribution in [2.24, 2.45) is 5.73 Å². The molecule has 1 aromatic carbocycles. The van der Waals surface area contributed by atoms with Crippen molar-refractivity contribution >= 4 is 0 Å². The zero-order valence-electron chi connectivity index (χ0n) is 8.33. The molecule has 102 valence electrons. The monoisotopic (exact) mass is 279 g/mol. The summed E-state index contributed by atoms with van der Waals surface area (Å²) in [6, 6.07) is -2.71. The Kier molecular flexibility index (Phi) is 3.57. The molecule has 0 radical (unpaired) electrons. The Balaban J connectivity index is 3.34. The van der Waals surface area contributed by atoms with Gasteiger partial charge in [-0.15, -0.1) is 0 Å². The molecule has 1 aromatic rings. The van der Waals surface area contributed by atoms with Crippen molar-refractivity contribution in [3.63, 3.8) is 0 Å². The van der Waals surface area contributed by atoms with E-state index >= 15 is 0 Å². The number of nitrogens with two attached hydrogens (primary N) is 1. The molecule has 0 fully saturated rings. The predicted octanol–water partition coefficient (Wildman–Crippen LogP) is 3.55. The molecule has 2 N–H and O–H groups in total. The van der Waals surface area contributed by atoms with E-state index in [-0.39, 0.29) is 12.1 Å². The van der Waals surface area contributed by atoms with E-state index in [4.69, 9.17) is 0 Å². The maximum atomic E-state index is 13.1. The fraction of sp³-hybridized carbons (Fsp3) is 0.333. The molecule has 0 aromatic heterocycles. The standard InChI is InChI=1S/C9H5F8N/c10-5-3(7(18)9(15,16)17)1-2-4(6(5)11)8(12,13)14/h1-2,7H,18H2/t7-/m1/s1. The van der Waals surface area contributed by atoms with Crippen LogP contribution in [-0.2, 0) is 6.18 Å². The van der Waals surface area contributed by atoms with Gasteiger partial charge in [0.25, 0.3) is 0 Å². The SMILES string of the molecule is N[C@H](c1ccc(C(F)(F)F)c(F)c1F)C(F)(F)F. The fourth-order valence-corrected chi connectivity index (χ4v) is 1.20. The number of alkyl halides is 6. The van der Waals surface area contributed by atoms with E-state index < -0.39 is 41.2 Å². The molecule has 18 heavy (non-hydrogen) atoms. The third-order valence-corrected chi connectivity index (χ3v) is 2.11. The smallest absolute Gasteiger partial charge is 0.316 e. The zero-order valence-corrected chi connectivity index (χ0v) is 8.33. The lowest BCUT2D eigenvalue weighted by molar-refractivity contribution is -0.150. The lowest BCUT2D eigenvalue weighted by atomic mass is 10.0. The summed E-state index contributed by atoms with van der Waals surface area (Å²) in [4.78, 5) is 0. The van der Waals surface area contributed by atoms with Crippen LogP contribution in [0.25, 0.3) is 0 Å². The van der Waals surface area contributed by atoms with E-state index in [1.807, 2.05) is 0 Å². The van der Waals surface area contributed by atoms with E-state index in [1.54, 1.807) is 0 Å². The van der Waals surface area contributed by atoms with Gasteiger partial charge in [0.1, 0.15) is 6.04 Å². The second-order valence-electron chi connectivity index (χ2n) is 3.35. The lowest BCUT2D eigenvalue weighted by Crippen LogP contribution is -2.30. The van der Waals surface area contributed by atoms with Crippen LogP contribution in [0.3, 0.4) is 0 Å². The van der Waals surface area contributed by atoms with Crippen molar-refractivity contribution in [3.05, 3.63) is 34.9 Å². The Morgan fingerprint density at radius 2 is 1.39 bits per heavy atom. The van der Waals surface area contributed by atoms with Gasteiger partial charge < -0.3 is 5.73 Å². The van der Waals surface area contributed by atoms with E-state index in [0.29, 0.717) is 0 Å². The van der Waals surface area contributed by atoms with Crippen molar-refractivity contribution in [1.82, 2.24) is 0 Å². The van der Waals surface area contributed by atoms with Crippen LogP contribution in [-0.4, -0.2) is 6.18 Å². The Bertz CT molecular complexity index is 447. The summed E-state index contributed by atoms with van der Waals surface area (Å²) in [5.74, 6) is -4.66. The van der Waals surface area contributed by atoms with Gasteiger partial charge >= 0.3 is 12.4 Å². The second-order valence-corrected chi connectivity index (χ2v) is 3.35. The largest absolute Gasteiger partial charge is 0.419 e. The highest BCUT2D eigenvalue weighted by Gasteiger charge is 2.42. The molecule has 0 spiro atoms. The van der Waals surface area contributed by atoms with E-state index in [1.165, 1.54) is 0 Å². The summed E-state index contributed by atoms with van der Waals surface area (Å²) in [7, 11) is 0. The molecular formula is C9H5F8N. The molecule has 0 bridgehead atoms. The molecule has 1 rings (SSSR count). The maximum Gasteiger partial charge on any atom is 0.419 e. The Labute approximate surface area is 95.2 Å². The molecule has 0 saturated heterocycles. The molecule has 1 nitrogen and oxygen atoms in total. The van der Waals surface area contributed by atoms with Crippen molar-refractivity contribution in [2.45, 2.75) is 18.4 Å². The molecule has 1 atom stereocenters. The van der Waals surface area contributed by atoms with Gasteiger partial charge in [-0.3, -0.25) is 0 Å². The number of hydrogen-bond acceptors (Lipinski definition) is 1. The minimum absolute atomic E-state index is 0.0132. The summed E-state index contributed by atoms with van der Waals surface area (Å²) in [6.45, 7) is 0. The van der Waals surface area contributed by atoms with Gasteiger partial charge in [-0.25, -0.2) is 8.78 Å². The van der Waals surface area contributed by atoms with Crippen molar-refractivity contribution < 1.29 is 35.1 Å². The molecule has 0 unspecified atom stereocenters. The van der Waals surface area contributed by atoms with Gasteiger partial charge in [0.05, 0.1) is 5.56 Å². The number of benzene rings is 1. The highest BCUT2D eigenvalue weighted by Crippen LogP contribution is 2.37. The Morgan fingerprint density at radius 3 is 1.78 bits per heavy atom. The first-order valence-corrected chi connectivity index (χ1v) is 4.33. The first kappa shape index (κ1) is 14.7. The predicted molar refractivity (Wildman–Crippen MR) is 44.3 cm³/mol. The van der Waals surface area contributed by atoms with Gasteiger partial charge in [-0.05, 0) is 6.07 Å². The first-order chi connectivity index (χ1) is 7.96. The fourth-order valence-electron chi connectivity index (χ4n) is 1.20. The average Bonchev–Trinajstić information content (AvgIpc) is 2.17. The van der Waals surface area contributed by atoms with Crippen LogP contribution in [0.5, 0.6) is 0 Å². The van der Waals surface area contributed by atoms with Gasteiger partial charge in [0.2, 0.25) is 0 Å². The number of hydrogen-bond donors (Lipinski definition) is 1. The summed E-state index contributed by atoms with van der Waals surface area (Å²) in [6.07, 6.45) is -10.3. The molecule has 0 aliphatic rings. The van der Waals surface area contributed by atoms with Crippen molar-refractivity contribution in [1.29, 1.82) is 0 Å². The van der Waals surface area contributed by atoms with Crippen LogP contribution >= 0.6 is 0 Å². The van der Waals surface area contributed by atoms with Crippen LogP contribution in [0.4, 0.5) is 35.1 Å². The topological polar surface area (TPSA) is 26.0 Å². The molecule has 0 aliphatic carbocycles. The van der Waals surface area contributed by atoms with Gasteiger partial charge in [0, 0.05) is 5.56 Å². The molecule has 9 heteroatoms. The quantitative estimate of drug-likeness (QED) is 0.782. The summed E-state index contributed by atoms with van der Waals surface area (Å²) >= 11 is 0. The Hall–Kier alpha value is -1.38. The molecule has 0 aliphatic heterocycles. The highest BCUT2D eigenvalue weighted by atomic mass is 19.4. The highest BCUT2D eigenvalue weighted by molar-refractivity contribution is 5.30. The third-order valence-electron chi connectivity index (χ3n) is 2.11. The van der Waals surface area contributed by atoms with E-state index in [0.717, 1.165) is 0 Å². The van der Waals surface area contributed by atoms with Crippen molar-refractivity contribution in [2.75, 3.05) is 0 Å². The van der Waals surface area contributed by atoms with Crippen LogP contribution in [0.2, 0.25) is 0 Å². The summed E-state index contributed by atoms with van der Waals surface area (Å²) in [5, 5.41) is 0. The molecule has 0 saturated carbocycles. The molecular weight excluding hydrogens is 274 g/mol.